The minimum atomic E-state index is -4.34. The van der Waals surface area contributed by atoms with Crippen LogP contribution in [0.4, 0.5) is 23.2 Å². The van der Waals surface area contributed by atoms with E-state index in [-0.39, 0.29) is 12.0 Å². The number of nitro groups is 1. The van der Waals surface area contributed by atoms with E-state index >= 15 is 0 Å². The Morgan fingerprint density at radius 1 is 1.42 bits per heavy atom. The van der Waals surface area contributed by atoms with E-state index in [9.17, 15) is 32.5 Å². The van der Waals surface area contributed by atoms with Crippen LogP contribution in [-0.4, -0.2) is 30.2 Å². The summed E-state index contributed by atoms with van der Waals surface area (Å²) in [6.07, 6.45) is -3.76. The van der Waals surface area contributed by atoms with Gasteiger partial charge >= 0.3 is 12.3 Å². The molecule has 0 spiro atoms. The van der Waals surface area contributed by atoms with Crippen molar-refractivity contribution in [1.29, 1.82) is 0 Å². The van der Waals surface area contributed by atoms with E-state index in [4.69, 9.17) is 0 Å². The molecule has 1 aromatic rings. The molecule has 0 atom stereocenters. The lowest BCUT2D eigenvalue weighted by molar-refractivity contribution is -0.385. The average molecular weight is 281 g/mol. The minimum absolute atomic E-state index is 0.135. The number of hydrogen-bond acceptors (Lipinski definition) is 4. The maximum atomic E-state index is 12.6. The van der Waals surface area contributed by atoms with Crippen LogP contribution >= 0.6 is 0 Å². The first kappa shape index (κ1) is 14.9. The number of carbonyl (C=O) groups is 1. The normalized spacial score (nSPS) is 11.4. The highest BCUT2D eigenvalue weighted by Crippen LogP contribution is 2.26. The predicted molar refractivity (Wildman–Crippen MR) is 54.9 cm³/mol. The number of aldehydes is 1. The van der Waals surface area contributed by atoms with Gasteiger partial charge in [-0.05, 0) is 12.1 Å². The molecule has 0 N–H and O–H groups in total. The van der Waals surface area contributed by atoms with Crippen molar-refractivity contribution in [2.45, 2.75) is 12.3 Å². The fraction of sp³-hybridized carbons (Fsp3) is 0.300. The number of rotatable bonds is 6. The Morgan fingerprint density at radius 2 is 2.05 bits per heavy atom. The standard InChI is InChI=1S/C10H7F4NO4/c11-9(12)10(13,14)5-19-7-1-2-8(15(17)18)6(3-7)4-16/h1-4,9H,5H2. The van der Waals surface area contributed by atoms with E-state index in [1.807, 2.05) is 0 Å². The topological polar surface area (TPSA) is 69.4 Å². The summed E-state index contributed by atoms with van der Waals surface area (Å²) >= 11 is 0. The van der Waals surface area contributed by atoms with Gasteiger partial charge in [0.2, 0.25) is 0 Å². The zero-order valence-electron chi connectivity index (χ0n) is 9.19. The van der Waals surface area contributed by atoms with E-state index in [1.165, 1.54) is 0 Å². The van der Waals surface area contributed by atoms with Crippen LogP contribution in [0.3, 0.4) is 0 Å². The van der Waals surface area contributed by atoms with Crippen molar-refractivity contribution in [2.24, 2.45) is 0 Å². The van der Waals surface area contributed by atoms with E-state index in [0.29, 0.717) is 0 Å². The molecule has 1 rings (SSSR count). The number of halogens is 4. The van der Waals surface area contributed by atoms with Gasteiger partial charge in [0.15, 0.2) is 12.9 Å². The zero-order chi connectivity index (χ0) is 14.6. The first-order chi connectivity index (χ1) is 8.77. The molecule has 0 radical (unpaired) electrons. The third kappa shape index (κ3) is 3.63. The van der Waals surface area contributed by atoms with Gasteiger partial charge in [-0.1, -0.05) is 0 Å². The lowest BCUT2D eigenvalue weighted by Crippen LogP contribution is -2.33. The highest BCUT2D eigenvalue weighted by molar-refractivity contribution is 5.82. The zero-order valence-corrected chi connectivity index (χ0v) is 9.19. The average Bonchev–Trinajstić information content (AvgIpc) is 2.35. The fourth-order valence-corrected chi connectivity index (χ4v) is 1.13. The largest absolute Gasteiger partial charge is 0.487 e. The molecule has 0 fully saturated rings. The summed E-state index contributed by atoms with van der Waals surface area (Å²) in [5.41, 5.74) is -0.939. The molecule has 0 aromatic heterocycles. The summed E-state index contributed by atoms with van der Waals surface area (Å²) in [6.45, 7) is -1.60. The van der Waals surface area contributed by atoms with Crippen molar-refractivity contribution in [3.8, 4) is 5.75 Å². The smallest absolute Gasteiger partial charge is 0.340 e. The highest BCUT2D eigenvalue weighted by Gasteiger charge is 2.41. The molecule has 0 amide bonds. The van der Waals surface area contributed by atoms with Gasteiger partial charge in [-0.3, -0.25) is 14.9 Å². The first-order valence-electron chi connectivity index (χ1n) is 4.80. The molecule has 0 unspecified atom stereocenters. The maximum absolute atomic E-state index is 12.6. The summed E-state index contributed by atoms with van der Waals surface area (Å²) in [4.78, 5) is 20.2. The summed E-state index contributed by atoms with van der Waals surface area (Å²) in [7, 11) is 0. The molecular weight excluding hydrogens is 274 g/mol. The second kappa shape index (κ2) is 5.63. The third-order valence-corrected chi connectivity index (χ3v) is 2.07. The van der Waals surface area contributed by atoms with Gasteiger partial charge in [-0.25, -0.2) is 8.78 Å². The fourth-order valence-electron chi connectivity index (χ4n) is 1.13. The van der Waals surface area contributed by atoms with Crippen LogP contribution in [0.15, 0.2) is 18.2 Å². The SMILES string of the molecule is O=Cc1cc(OCC(F)(F)C(F)F)ccc1[N+](=O)[O-]. The van der Waals surface area contributed by atoms with Crippen molar-refractivity contribution in [2.75, 3.05) is 6.61 Å². The van der Waals surface area contributed by atoms with Crippen LogP contribution in [0.5, 0.6) is 5.75 Å². The summed E-state index contributed by atoms with van der Waals surface area (Å²) in [5.74, 6) is -4.68. The van der Waals surface area contributed by atoms with Crippen molar-refractivity contribution >= 4 is 12.0 Å². The molecule has 0 aliphatic heterocycles. The molecule has 5 nitrogen and oxygen atoms in total. The van der Waals surface area contributed by atoms with Crippen molar-refractivity contribution in [1.82, 2.24) is 0 Å². The number of nitro benzene ring substituents is 1. The predicted octanol–water partition coefficient (Wildman–Crippen LogP) is 2.69. The van der Waals surface area contributed by atoms with Gasteiger partial charge in [-0.15, -0.1) is 0 Å². The Labute approximate surface area is 103 Å². The van der Waals surface area contributed by atoms with Gasteiger partial charge in [0.25, 0.3) is 5.69 Å². The number of alkyl halides is 4. The lowest BCUT2D eigenvalue weighted by Gasteiger charge is -2.15. The number of ether oxygens (including phenoxy) is 1. The van der Waals surface area contributed by atoms with Crippen molar-refractivity contribution < 1.29 is 32.0 Å². The van der Waals surface area contributed by atoms with Gasteiger partial charge < -0.3 is 4.74 Å². The molecule has 0 bridgehead atoms. The van der Waals surface area contributed by atoms with Gasteiger partial charge in [0, 0.05) is 6.07 Å². The Hall–Kier alpha value is -2.19. The molecular formula is C10H7F4NO4. The van der Waals surface area contributed by atoms with E-state index < -0.39 is 35.1 Å². The molecule has 19 heavy (non-hydrogen) atoms. The van der Waals surface area contributed by atoms with E-state index in [0.717, 1.165) is 18.2 Å². The van der Waals surface area contributed by atoms with Gasteiger partial charge in [-0.2, -0.15) is 8.78 Å². The summed E-state index contributed by atoms with van der Waals surface area (Å²) in [6, 6.07) is 2.62. The van der Waals surface area contributed by atoms with Crippen LogP contribution in [0.25, 0.3) is 0 Å². The number of benzene rings is 1. The Morgan fingerprint density at radius 3 is 2.53 bits per heavy atom. The second-order valence-electron chi connectivity index (χ2n) is 3.45. The molecule has 0 aliphatic rings. The highest BCUT2D eigenvalue weighted by atomic mass is 19.3. The molecule has 0 heterocycles. The van der Waals surface area contributed by atoms with Crippen LogP contribution in [0.2, 0.25) is 0 Å². The number of carbonyl (C=O) groups excluding carboxylic acids is 1. The van der Waals surface area contributed by atoms with E-state index in [2.05, 4.69) is 4.74 Å². The maximum Gasteiger partial charge on any atom is 0.340 e. The summed E-state index contributed by atoms with van der Waals surface area (Å²) < 4.78 is 53.2. The lowest BCUT2D eigenvalue weighted by atomic mass is 10.2. The number of nitrogens with zero attached hydrogens (tertiary/aromatic N) is 1. The summed E-state index contributed by atoms with van der Waals surface area (Å²) in [5, 5.41) is 10.5. The third-order valence-electron chi connectivity index (χ3n) is 2.07. The molecule has 104 valence electrons. The van der Waals surface area contributed by atoms with E-state index in [1.54, 1.807) is 0 Å². The molecule has 0 saturated heterocycles. The molecule has 9 heteroatoms. The Bertz CT molecular complexity index is 492. The van der Waals surface area contributed by atoms with Gasteiger partial charge in [0.1, 0.15) is 5.75 Å². The van der Waals surface area contributed by atoms with Crippen LogP contribution in [-0.2, 0) is 0 Å². The van der Waals surface area contributed by atoms with Crippen LogP contribution in [0.1, 0.15) is 10.4 Å². The van der Waals surface area contributed by atoms with Crippen molar-refractivity contribution in [3.05, 3.63) is 33.9 Å². The quantitative estimate of drug-likeness (QED) is 0.348. The minimum Gasteiger partial charge on any atom is -0.487 e. The monoisotopic (exact) mass is 281 g/mol. The van der Waals surface area contributed by atoms with Gasteiger partial charge in [0.05, 0.1) is 10.5 Å². The second-order valence-corrected chi connectivity index (χ2v) is 3.45. The number of hydrogen-bond donors (Lipinski definition) is 0. The Balaban J connectivity index is 2.87. The Kier molecular flexibility index (Phi) is 4.41. The first-order valence-corrected chi connectivity index (χ1v) is 4.80. The molecule has 1 aromatic carbocycles. The van der Waals surface area contributed by atoms with Crippen molar-refractivity contribution in [3.63, 3.8) is 0 Å². The molecule has 0 saturated carbocycles. The molecule has 0 aliphatic carbocycles. The van der Waals surface area contributed by atoms with Crippen LogP contribution in [0, 0.1) is 10.1 Å². The van der Waals surface area contributed by atoms with Crippen LogP contribution < -0.4 is 4.74 Å².